The maximum Gasteiger partial charge on any atom is 0.313 e. The van der Waals surface area contributed by atoms with Crippen LogP contribution in [0.25, 0.3) is 0 Å². The molecule has 0 aliphatic heterocycles. The number of methoxy groups -OCH3 is 1. The van der Waals surface area contributed by atoms with Crippen molar-refractivity contribution in [1.82, 2.24) is 5.32 Å². The quantitative estimate of drug-likeness (QED) is 0.694. The van der Waals surface area contributed by atoms with E-state index in [1.54, 1.807) is 25.3 Å². The Morgan fingerprint density at radius 1 is 1.14 bits per heavy atom. The van der Waals surface area contributed by atoms with Gasteiger partial charge in [-0.25, -0.2) is 0 Å². The molecular weight excluding hydrogens is 356 g/mol. The Balaban J connectivity index is 1.63. The van der Waals surface area contributed by atoms with E-state index < -0.39 is 17.4 Å². The topological polar surface area (TPSA) is 87.7 Å². The summed E-state index contributed by atoms with van der Waals surface area (Å²) in [7, 11) is 1.60. The number of carbonyl (C=O) groups excluding carboxylic acids is 2. The van der Waals surface area contributed by atoms with Crippen LogP contribution in [0.4, 0.5) is 5.69 Å². The standard InChI is InChI=1S/C22H26N2O4/c1-3-15-6-8-17(9-7-15)24-21(26)20(25)23-14-22(27)12-4-5-16-13-18(28-2)10-11-19(16)22/h6-11,13,27H,3-5,12,14H2,1-2H3,(H,23,25)(H,24,26). The Hall–Kier alpha value is -2.86. The van der Waals surface area contributed by atoms with Crippen LogP contribution in [0, 0.1) is 0 Å². The summed E-state index contributed by atoms with van der Waals surface area (Å²) < 4.78 is 5.24. The van der Waals surface area contributed by atoms with Gasteiger partial charge >= 0.3 is 11.8 Å². The zero-order valence-electron chi connectivity index (χ0n) is 16.2. The fourth-order valence-corrected chi connectivity index (χ4v) is 3.57. The molecule has 6 nitrogen and oxygen atoms in total. The van der Waals surface area contributed by atoms with Crippen molar-refractivity contribution in [3.05, 3.63) is 59.2 Å². The molecule has 28 heavy (non-hydrogen) atoms. The van der Waals surface area contributed by atoms with Gasteiger partial charge < -0.3 is 20.5 Å². The number of amides is 2. The molecule has 1 unspecified atom stereocenters. The molecule has 0 spiro atoms. The summed E-state index contributed by atoms with van der Waals surface area (Å²) in [6, 6.07) is 12.9. The zero-order valence-corrected chi connectivity index (χ0v) is 16.2. The van der Waals surface area contributed by atoms with Crippen molar-refractivity contribution in [1.29, 1.82) is 0 Å². The number of anilines is 1. The highest BCUT2D eigenvalue weighted by molar-refractivity contribution is 6.39. The van der Waals surface area contributed by atoms with Gasteiger partial charge in [0, 0.05) is 5.69 Å². The van der Waals surface area contributed by atoms with Crippen molar-refractivity contribution in [2.45, 2.75) is 38.2 Å². The molecule has 1 aliphatic carbocycles. The summed E-state index contributed by atoms with van der Waals surface area (Å²) in [6.45, 7) is 2.03. The fraction of sp³-hybridized carbons (Fsp3) is 0.364. The van der Waals surface area contributed by atoms with Crippen molar-refractivity contribution in [2.24, 2.45) is 0 Å². The van der Waals surface area contributed by atoms with Crippen LogP contribution in [-0.4, -0.2) is 30.6 Å². The molecule has 0 radical (unpaired) electrons. The van der Waals surface area contributed by atoms with Gasteiger partial charge in [-0.3, -0.25) is 9.59 Å². The van der Waals surface area contributed by atoms with Gasteiger partial charge in [0.2, 0.25) is 0 Å². The molecule has 0 saturated carbocycles. The number of benzene rings is 2. The number of hydrogen-bond acceptors (Lipinski definition) is 4. The SMILES string of the molecule is CCc1ccc(NC(=O)C(=O)NCC2(O)CCCc3cc(OC)ccc32)cc1. The Morgan fingerprint density at radius 2 is 1.89 bits per heavy atom. The summed E-state index contributed by atoms with van der Waals surface area (Å²) in [5.74, 6) is -0.784. The normalized spacial score (nSPS) is 18.1. The molecule has 1 aliphatic rings. The van der Waals surface area contributed by atoms with E-state index in [1.807, 2.05) is 31.2 Å². The molecule has 0 saturated heterocycles. The predicted octanol–water partition coefficient (Wildman–Crippen LogP) is 2.54. The number of ether oxygens (including phenoxy) is 1. The first-order valence-electron chi connectivity index (χ1n) is 9.53. The first-order valence-corrected chi connectivity index (χ1v) is 9.53. The highest BCUT2D eigenvalue weighted by Crippen LogP contribution is 2.36. The lowest BCUT2D eigenvalue weighted by Gasteiger charge is -2.34. The lowest BCUT2D eigenvalue weighted by Crippen LogP contribution is -2.46. The minimum atomic E-state index is -1.20. The Labute approximate surface area is 164 Å². The van der Waals surface area contributed by atoms with Gasteiger partial charge in [-0.2, -0.15) is 0 Å². The van der Waals surface area contributed by atoms with Crippen LogP contribution < -0.4 is 15.4 Å². The summed E-state index contributed by atoms with van der Waals surface area (Å²) >= 11 is 0. The van der Waals surface area contributed by atoms with E-state index in [9.17, 15) is 14.7 Å². The lowest BCUT2D eigenvalue weighted by atomic mass is 9.79. The zero-order chi connectivity index (χ0) is 20.1. The van der Waals surface area contributed by atoms with Gasteiger partial charge in [0.25, 0.3) is 0 Å². The monoisotopic (exact) mass is 382 g/mol. The lowest BCUT2D eigenvalue weighted by molar-refractivity contribution is -0.137. The van der Waals surface area contributed by atoms with Crippen LogP contribution in [0.3, 0.4) is 0 Å². The highest BCUT2D eigenvalue weighted by atomic mass is 16.5. The summed E-state index contributed by atoms with van der Waals surface area (Å²) in [6.07, 6.45) is 3.06. The third-order valence-corrected chi connectivity index (χ3v) is 5.22. The predicted molar refractivity (Wildman–Crippen MR) is 107 cm³/mol. The van der Waals surface area contributed by atoms with Gasteiger partial charge in [0.05, 0.1) is 13.7 Å². The molecule has 6 heteroatoms. The van der Waals surface area contributed by atoms with Crippen LogP contribution in [0.2, 0.25) is 0 Å². The van der Waals surface area contributed by atoms with E-state index in [1.165, 1.54) is 0 Å². The molecule has 2 aromatic rings. The number of nitrogens with one attached hydrogen (secondary N) is 2. The maximum absolute atomic E-state index is 12.2. The smallest absolute Gasteiger partial charge is 0.313 e. The first-order chi connectivity index (χ1) is 13.4. The number of fused-ring (bicyclic) bond motifs is 1. The third-order valence-electron chi connectivity index (χ3n) is 5.22. The Kier molecular flexibility index (Phi) is 5.99. The summed E-state index contributed by atoms with van der Waals surface area (Å²) in [4.78, 5) is 24.4. The fourth-order valence-electron chi connectivity index (χ4n) is 3.57. The molecule has 0 aromatic heterocycles. The van der Waals surface area contributed by atoms with Gasteiger partial charge in [-0.1, -0.05) is 25.1 Å². The third kappa shape index (κ3) is 4.34. The number of aliphatic hydroxyl groups is 1. The van der Waals surface area contributed by atoms with Crippen molar-refractivity contribution in [3.8, 4) is 5.75 Å². The van der Waals surface area contributed by atoms with Crippen molar-refractivity contribution in [2.75, 3.05) is 19.0 Å². The summed E-state index contributed by atoms with van der Waals surface area (Å²) in [5.41, 5.74) is 2.29. The highest BCUT2D eigenvalue weighted by Gasteiger charge is 2.35. The molecule has 3 N–H and O–H groups in total. The largest absolute Gasteiger partial charge is 0.497 e. The molecule has 0 bridgehead atoms. The maximum atomic E-state index is 12.2. The number of aryl methyl sites for hydroxylation is 2. The van der Waals surface area contributed by atoms with Crippen LogP contribution >= 0.6 is 0 Å². The second-order valence-corrected chi connectivity index (χ2v) is 7.10. The summed E-state index contributed by atoms with van der Waals surface area (Å²) in [5, 5.41) is 16.2. The van der Waals surface area contributed by atoms with Crippen molar-refractivity contribution < 1.29 is 19.4 Å². The van der Waals surface area contributed by atoms with E-state index in [0.717, 1.165) is 41.7 Å². The number of rotatable bonds is 5. The van der Waals surface area contributed by atoms with E-state index >= 15 is 0 Å². The molecule has 0 fully saturated rings. The van der Waals surface area contributed by atoms with E-state index in [0.29, 0.717) is 12.1 Å². The molecule has 2 amide bonds. The Morgan fingerprint density at radius 3 is 2.57 bits per heavy atom. The van der Waals surface area contributed by atoms with Crippen LogP contribution in [0.5, 0.6) is 5.75 Å². The minimum absolute atomic E-state index is 0.0205. The minimum Gasteiger partial charge on any atom is -0.497 e. The van der Waals surface area contributed by atoms with E-state index in [-0.39, 0.29) is 6.54 Å². The van der Waals surface area contributed by atoms with Crippen LogP contribution in [0.15, 0.2) is 42.5 Å². The van der Waals surface area contributed by atoms with Gasteiger partial charge in [0.1, 0.15) is 11.4 Å². The van der Waals surface area contributed by atoms with Crippen LogP contribution in [0.1, 0.15) is 36.5 Å². The number of carbonyl (C=O) groups is 2. The molecule has 3 rings (SSSR count). The van der Waals surface area contributed by atoms with E-state index in [2.05, 4.69) is 10.6 Å². The van der Waals surface area contributed by atoms with Crippen molar-refractivity contribution >= 4 is 17.5 Å². The average molecular weight is 382 g/mol. The molecule has 2 aromatic carbocycles. The van der Waals surface area contributed by atoms with Crippen molar-refractivity contribution in [3.63, 3.8) is 0 Å². The first kappa shape index (κ1) is 19.9. The molecule has 1 atom stereocenters. The average Bonchev–Trinajstić information content (AvgIpc) is 2.72. The van der Waals surface area contributed by atoms with Gasteiger partial charge in [-0.15, -0.1) is 0 Å². The van der Waals surface area contributed by atoms with E-state index in [4.69, 9.17) is 4.74 Å². The Bertz CT molecular complexity index is 863. The van der Waals surface area contributed by atoms with Gasteiger partial charge in [0.15, 0.2) is 0 Å². The number of hydrogen-bond donors (Lipinski definition) is 3. The molecular formula is C22H26N2O4. The second kappa shape index (κ2) is 8.44. The molecule has 0 heterocycles. The van der Waals surface area contributed by atoms with Gasteiger partial charge in [-0.05, 0) is 66.6 Å². The molecule has 148 valence electrons. The second-order valence-electron chi connectivity index (χ2n) is 7.10. The van der Waals surface area contributed by atoms with Crippen LogP contribution in [-0.2, 0) is 28.0 Å².